The lowest BCUT2D eigenvalue weighted by atomic mass is 10.1. The first-order valence-electron chi connectivity index (χ1n) is 7.07. The third-order valence-corrected chi connectivity index (χ3v) is 4.66. The zero-order chi connectivity index (χ0) is 14.1. The molecule has 4 rings (SSSR count). The molecule has 1 N–H and O–H groups in total. The van der Waals surface area contributed by atoms with Gasteiger partial charge in [-0.3, -0.25) is 0 Å². The lowest BCUT2D eigenvalue weighted by Crippen LogP contribution is -1.98. The monoisotopic (exact) mass is 289 g/mol. The molecule has 0 aliphatic heterocycles. The topological polar surface area (TPSA) is 12.0 Å². The Morgan fingerprint density at radius 1 is 0.762 bits per heavy atom. The Bertz CT molecular complexity index is 907. The summed E-state index contributed by atoms with van der Waals surface area (Å²) in [6.45, 7) is 0.848. The Morgan fingerprint density at radius 3 is 2.62 bits per heavy atom. The Balaban J connectivity index is 1.56. The van der Waals surface area contributed by atoms with E-state index in [2.05, 4.69) is 77.4 Å². The van der Waals surface area contributed by atoms with Crippen molar-refractivity contribution in [1.29, 1.82) is 0 Å². The molecular weight excluding hydrogens is 274 g/mol. The van der Waals surface area contributed by atoms with Crippen LogP contribution in [0.1, 0.15) is 5.56 Å². The Morgan fingerprint density at radius 2 is 1.67 bits per heavy atom. The van der Waals surface area contributed by atoms with Crippen LogP contribution in [-0.4, -0.2) is 0 Å². The molecule has 0 atom stereocenters. The average molecular weight is 289 g/mol. The fraction of sp³-hybridized carbons (Fsp3) is 0.0526. The van der Waals surface area contributed by atoms with Crippen molar-refractivity contribution in [3.8, 4) is 0 Å². The molecule has 0 amide bonds. The molecule has 102 valence electrons. The van der Waals surface area contributed by atoms with Gasteiger partial charge in [-0.05, 0) is 57.4 Å². The summed E-state index contributed by atoms with van der Waals surface area (Å²) in [5.74, 6) is 0. The van der Waals surface area contributed by atoms with Crippen molar-refractivity contribution in [1.82, 2.24) is 0 Å². The fourth-order valence-corrected chi connectivity index (χ4v) is 3.40. The molecule has 0 radical (unpaired) electrons. The Kier molecular flexibility index (Phi) is 3.09. The lowest BCUT2D eigenvalue weighted by molar-refractivity contribution is 1.16. The first kappa shape index (κ1) is 12.4. The molecule has 1 heterocycles. The van der Waals surface area contributed by atoms with Crippen LogP contribution in [0, 0.1) is 0 Å². The normalized spacial score (nSPS) is 11.0. The Labute approximate surface area is 127 Å². The molecule has 0 aliphatic rings. The van der Waals surface area contributed by atoms with Gasteiger partial charge in [-0.2, -0.15) is 0 Å². The first-order chi connectivity index (χ1) is 10.4. The summed E-state index contributed by atoms with van der Waals surface area (Å²) < 4.78 is 1.34. The number of fused-ring (bicyclic) bond motifs is 2. The first-order valence-corrected chi connectivity index (χ1v) is 7.95. The molecule has 2 heteroatoms. The summed E-state index contributed by atoms with van der Waals surface area (Å²) >= 11 is 1.78. The zero-order valence-electron chi connectivity index (χ0n) is 11.5. The van der Waals surface area contributed by atoms with Crippen molar-refractivity contribution < 1.29 is 0 Å². The standard InChI is InChI=1S/C19H15NS/c1-2-4-16-11-14(5-6-15(16)3-1)13-20-18-7-8-19-17(12-18)9-10-21-19/h1-12,20H,13H2. The summed E-state index contributed by atoms with van der Waals surface area (Å²) in [4.78, 5) is 0. The smallest absolute Gasteiger partial charge is 0.0401 e. The van der Waals surface area contributed by atoms with Gasteiger partial charge < -0.3 is 5.32 Å². The molecule has 0 bridgehead atoms. The van der Waals surface area contributed by atoms with Gasteiger partial charge in [-0.25, -0.2) is 0 Å². The second kappa shape index (κ2) is 5.23. The molecule has 3 aromatic carbocycles. The van der Waals surface area contributed by atoms with Crippen LogP contribution in [0.15, 0.2) is 72.1 Å². The molecule has 0 unspecified atom stereocenters. The van der Waals surface area contributed by atoms with Gasteiger partial charge in [0.25, 0.3) is 0 Å². The molecule has 0 saturated carbocycles. The minimum atomic E-state index is 0.848. The predicted octanol–water partition coefficient (Wildman–Crippen LogP) is 5.67. The maximum absolute atomic E-state index is 3.51. The van der Waals surface area contributed by atoms with Crippen molar-refractivity contribution in [3.63, 3.8) is 0 Å². The SMILES string of the molecule is c1ccc2cc(CNc3ccc4sccc4c3)ccc2c1. The van der Waals surface area contributed by atoms with Crippen LogP contribution in [-0.2, 0) is 6.54 Å². The highest BCUT2D eigenvalue weighted by Gasteiger charge is 1.99. The molecule has 0 spiro atoms. The van der Waals surface area contributed by atoms with Gasteiger partial charge in [-0.1, -0.05) is 36.4 Å². The second-order valence-corrected chi connectivity index (χ2v) is 6.16. The van der Waals surface area contributed by atoms with Gasteiger partial charge >= 0.3 is 0 Å². The quantitative estimate of drug-likeness (QED) is 0.512. The van der Waals surface area contributed by atoms with Gasteiger partial charge in [0.05, 0.1) is 0 Å². The molecule has 4 aromatic rings. The number of hydrogen-bond donors (Lipinski definition) is 1. The zero-order valence-corrected chi connectivity index (χ0v) is 12.4. The summed E-state index contributed by atoms with van der Waals surface area (Å²) in [6, 6.07) is 23.8. The molecule has 0 fully saturated rings. The summed E-state index contributed by atoms with van der Waals surface area (Å²) in [6.07, 6.45) is 0. The largest absolute Gasteiger partial charge is 0.381 e. The highest BCUT2D eigenvalue weighted by Crippen LogP contribution is 2.24. The van der Waals surface area contributed by atoms with Gasteiger partial charge in [0.15, 0.2) is 0 Å². The van der Waals surface area contributed by atoms with Crippen LogP contribution >= 0.6 is 11.3 Å². The molecule has 21 heavy (non-hydrogen) atoms. The van der Waals surface area contributed by atoms with E-state index in [0.717, 1.165) is 6.54 Å². The van der Waals surface area contributed by atoms with E-state index in [-0.39, 0.29) is 0 Å². The van der Waals surface area contributed by atoms with Gasteiger partial charge in [0.1, 0.15) is 0 Å². The van der Waals surface area contributed by atoms with Crippen molar-refractivity contribution in [3.05, 3.63) is 77.7 Å². The maximum atomic E-state index is 3.51. The molecule has 0 aliphatic carbocycles. The van der Waals surface area contributed by atoms with Gasteiger partial charge in [-0.15, -0.1) is 11.3 Å². The predicted molar refractivity (Wildman–Crippen MR) is 93.1 cm³/mol. The molecule has 0 saturated heterocycles. The van der Waals surface area contributed by atoms with Crippen molar-refractivity contribution in [2.24, 2.45) is 0 Å². The average Bonchev–Trinajstić information content (AvgIpc) is 3.00. The van der Waals surface area contributed by atoms with Crippen LogP contribution in [0.5, 0.6) is 0 Å². The summed E-state index contributed by atoms with van der Waals surface area (Å²) in [7, 11) is 0. The second-order valence-electron chi connectivity index (χ2n) is 5.21. The van der Waals surface area contributed by atoms with E-state index >= 15 is 0 Å². The highest BCUT2D eigenvalue weighted by molar-refractivity contribution is 7.17. The number of benzene rings is 3. The number of nitrogens with one attached hydrogen (secondary N) is 1. The van der Waals surface area contributed by atoms with E-state index < -0.39 is 0 Å². The van der Waals surface area contributed by atoms with Crippen LogP contribution in [0.4, 0.5) is 5.69 Å². The van der Waals surface area contributed by atoms with Gasteiger partial charge in [0.2, 0.25) is 0 Å². The van der Waals surface area contributed by atoms with E-state index in [4.69, 9.17) is 0 Å². The van der Waals surface area contributed by atoms with Crippen LogP contribution in [0.3, 0.4) is 0 Å². The fourth-order valence-electron chi connectivity index (χ4n) is 2.63. The van der Waals surface area contributed by atoms with Crippen LogP contribution in [0.25, 0.3) is 20.9 Å². The maximum Gasteiger partial charge on any atom is 0.0401 e. The van der Waals surface area contributed by atoms with Crippen LogP contribution in [0.2, 0.25) is 0 Å². The Hall–Kier alpha value is -2.32. The summed E-state index contributed by atoms with van der Waals surface area (Å²) in [5.41, 5.74) is 2.48. The van der Waals surface area contributed by atoms with E-state index in [1.807, 2.05) is 0 Å². The minimum Gasteiger partial charge on any atom is -0.381 e. The third kappa shape index (κ3) is 2.50. The van der Waals surface area contributed by atoms with Crippen molar-refractivity contribution in [2.75, 3.05) is 5.32 Å². The molecular formula is C19H15NS. The van der Waals surface area contributed by atoms with Crippen LogP contribution < -0.4 is 5.32 Å². The number of rotatable bonds is 3. The highest BCUT2D eigenvalue weighted by atomic mass is 32.1. The van der Waals surface area contributed by atoms with E-state index in [1.54, 1.807) is 11.3 Å². The third-order valence-electron chi connectivity index (χ3n) is 3.76. The van der Waals surface area contributed by atoms with E-state index in [9.17, 15) is 0 Å². The number of thiophene rings is 1. The number of hydrogen-bond acceptors (Lipinski definition) is 2. The van der Waals surface area contributed by atoms with E-state index in [1.165, 1.54) is 32.1 Å². The summed E-state index contributed by atoms with van der Waals surface area (Å²) in [5, 5.41) is 9.55. The molecule has 1 nitrogen and oxygen atoms in total. The molecule has 1 aromatic heterocycles. The van der Waals surface area contributed by atoms with Crippen molar-refractivity contribution >= 4 is 37.9 Å². The van der Waals surface area contributed by atoms with Gasteiger partial charge in [0, 0.05) is 16.9 Å². The minimum absolute atomic E-state index is 0.848. The van der Waals surface area contributed by atoms with Crippen molar-refractivity contribution in [2.45, 2.75) is 6.54 Å². The number of anilines is 1. The lowest BCUT2D eigenvalue weighted by Gasteiger charge is -2.08. The van der Waals surface area contributed by atoms with E-state index in [0.29, 0.717) is 0 Å².